The molecule has 1 amide bonds. The van der Waals surface area contributed by atoms with E-state index >= 15 is 0 Å². The van der Waals surface area contributed by atoms with Crippen molar-refractivity contribution in [3.05, 3.63) is 90.0 Å². The molecule has 3 rings (SSSR count). The lowest BCUT2D eigenvalue weighted by atomic mass is 10.1. The van der Waals surface area contributed by atoms with Crippen LogP contribution in [0.3, 0.4) is 0 Å². The molecule has 0 bridgehead atoms. The minimum atomic E-state index is -3.72. The van der Waals surface area contributed by atoms with Crippen molar-refractivity contribution in [2.24, 2.45) is 0 Å². The molecule has 29 heavy (non-hydrogen) atoms. The molecule has 0 aromatic heterocycles. The van der Waals surface area contributed by atoms with Crippen LogP contribution in [0.1, 0.15) is 28.9 Å². The Balaban J connectivity index is 1.72. The summed E-state index contributed by atoms with van der Waals surface area (Å²) in [5.74, 6) is 0.444. The predicted molar refractivity (Wildman–Crippen MR) is 113 cm³/mol. The smallest absolute Gasteiger partial charge is 0.261 e. The van der Waals surface area contributed by atoms with Crippen molar-refractivity contribution in [3.63, 3.8) is 0 Å². The summed E-state index contributed by atoms with van der Waals surface area (Å²) < 4.78 is 32.6. The number of benzene rings is 3. The van der Waals surface area contributed by atoms with Gasteiger partial charge in [0.1, 0.15) is 5.75 Å². The maximum Gasteiger partial charge on any atom is 0.261 e. The number of ether oxygens (including phenoxy) is 1. The normalized spacial score (nSPS) is 12.1. The first-order valence-electron chi connectivity index (χ1n) is 9.02. The monoisotopic (exact) mass is 410 g/mol. The first kappa shape index (κ1) is 20.4. The van der Waals surface area contributed by atoms with Gasteiger partial charge in [-0.3, -0.25) is 9.52 Å². The van der Waals surface area contributed by atoms with Crippen LogP contribution in [-0.4, -0.2) is 21.4 Å². The van der Waals surface area contributed by atoms with Gasteiger partial charge in [0.2, 0.25) is 0 Å². The topological polar surface area (TPSA) is 84.5 Å². The van der Waals surface area contributed by atoms with E-state index in [1.165, 1.54) is 18.2 Å². The molecule has 0 spiro atoms. The second-order valence-electron chi connectivity index (χ2n) is 6.47. The highest BCUT2D eigenvalue weighted by Crippen LogP contribution is 2.20. The maximum absolute atomic E-state index is 12.6. The third kappa shape index (κ3) is 5.14. The summed E-state index contributed by atoms with van der Waals surface area (Å²) in [6.07, 6.45) is 0. The Morgan fingerprint density at radius 2 is 1.62 bits per heavy atom. The molecular formula is C22H22N2O4S. The molecule has 0 radical (unpaired) electrons. The number of carbonyl (C=O) groups excluding carboxylic acids is 1. The Labute approximate surface area is 170 Å². The van der Waals surface area contributed by atoms with Crippen LogP contribution in [0.25, 0.3) is 0 Å². The van der Waals surface area contributed by atoms with Crippen molar-refractivity contribution in [2.75, 3.05) is 11.8 Å². The van der Waals surface area contributed by atoms with Crippen molar-refractivity contribution in [2.45, 2.75) is 17.9 Å². The van der Waals surface area contributed by atoms with E-state index in [2.05, 4.69) is 10.0 Å². The van der Waals surface area contributed by atoms with Crippen molar-refractivity contribution < 1.29 is 17.9 Å². The summed E-state index contributed by atoms with van der Waals surface area (Å²) in [6, 6.07) is 21.7. The van der Waals surface area contributed by atoms with Crippen LogP contribution >= 0.6 is 0 Å². The average molecular weight is 410 g/mol. The number of amides is 1. The molecule has 1 atom stereocenters. The number of anilines is 1. The number of nitrogens with one attached hydrogen (secondary N) is 2. The zero-order valence-electron chi connectivity index (χ0n) is 16.1. The Hall–Kier alpha value is -3.32. The van der Waals surface area contributed by atoms with Gasteiger partial charge in [-0.25, -0.2) is 8.42 Å². The molecule has 0 heterocycles. The standard InChI is InChI=1S/C22H22N2O4S/c1-16(17-11-13-20(28-2)14-12-17)23-22(25)18-7-6-8-19(15-18)24-29(26,27)21-9-4-3-5-10-21/h3-16,24H,1-2H3,(H,23,25)/t16-/m0/s1. The Morgan fingerprint density at radius 1 is 0.931 bits per heavy atom. The fourth-order valence-corrected chi connectivity index (χ4v) is 3.86. The molecule has 0 aliphatic rings. The fraction of sp³-hybridized carbons (Fsp3) is 0.136. The summed E-state index contributed by atoms with van der Waals surface area (Å²) in [7, 11) is -2.13. The van der Waals surface area contributed by atoms with E-state index in [0.717, 1.165) is 11.3 Å². The molecule has 0 aliphatic carbocycles. The first-order valence-corrected chi connectivity index (χ1v) is 10.5. The van der Waals surface area contributed by atoms with Crippen molar-refractivity contribution in [1.82, 2.24) is 5.32 Å². The van der Waals surface area contributed by atoms with Gasteiger partial charge >= 0.3 is 0 Å². The Kier molecular flexibility index (Phi) is 6.19. The third-order valence-electron chi connectivity index (χ3n) is 4.39. The predicted octanol–water partition coefficient (Wildman–Crippen LogP) is 3.99. The van der Waals surface area contributed by atoms with E-state index in [1.807, 2.05) is 31.2 Å². The largest absolute Gasteiger partial charge is 0.497 e. The van der Waals surface area contributed by atoms with Crippen LogP contribution in [0.15, 0.2) is 83.8 Å². The van der Waals surface area contributed by atoms with Gasteiger partial charge in [0.15, 0.2) is 0 Å². The lowest BCUT2D eigenvalue weighted by Gasteiger charge is -2.15. The second kappa shape index (κ2) is 8.79. The minimum absolute atomic E-state index is 0.156. The summed E-state index contributed by atoms with van der Waals surface area (Å²) >= 11 is 0. The molecule has 3 aromatic carbocycles. The van der Waals surface area contributed by atoms with Gasteiger partial charge in [0.05, 0.1) is 18.0 Å². The van der Waals surface area contributed by atoms with Crippen LogP contribution in [0.4, 0.5) is 5.69 Å². The van der Waals surface area contributed by atoms with E-state index in [0.29, 0.717) is 11.3 Å². The zero-order chi connectivity index (χ0) is 20.9. The molecule has 0 unspecified atom stereocenters. The zero-order valence-corrected chi connectivity index (χ0v) is 16.9. The van der Waals surface area contributed by atoms with E-state index in [9.17, 15) is 13.2 Å². The summed E-state index contributed by atoms with van der Waals surface area (Å²) in [5, 5.41) is 2.91. The SMILES string of the molecule is COc1ccc([C@H](C)NC(=O)c2cccc(NS(=O)(=O)c3ccccc3)c2)cc1. The quantitative estimate of drug-likeness (QED) is 0.617. The highest BCUT2D eigenvalue weighted by molar-refractivity contribution is 7.92. The van der Waals surface area contributed by atoms with Crippen molar-refractivity contribution >= 4 is 21.6 Å². The highest BCUT2D eigenvalue weighted by atomic mass is 32.2. The molecule has 0 saturated carbocycles. The molecule has 150 valence electrons. The number of hydrogen-bond donors (Lipinski definition) is 2. The van der Waals surface area contributed by atoms with Crippen LogP contribution in [-0.2, 0) is 10.0 Å². The summed E-state index contributed by atoms with van der Waals surface area (Å²) in [4.78, 5) is 12.8. The molecule has 0 saturated heterocycles. The Morgan fingerprint density at radius 3 is 2.28 bits per heavy atom. The van der Waals surface area contributed by atoms with E-state index in [1.54, 1.807) is 43.5 Å². The van der Waals surface area contributed by atoms with Gasteiger partial charge in [-0.1, -0.05) is 36.4 Å². The number of hydrogen-bond acceptors (Lipinski definition) is 4. The summed E-state index contributed by atoms with van der Waals surface area (Å²) in [6.45, 7) is 1.88. The summed E-state index contributed by atoms with van der Waals surface area (Å²) in [5.41, 5.74) is 1.61. The van der Waals surface area contributed by atoms with Crippen LogP contribution in [0.2, 0.25) is 0 Å². The maximum atomic E-state index is 12.6. The van der Waals surface area contributed by atoms with Gasteiger partial charge in [-0.05, 0) is 55.0 Å². The molecular weight excluding hydrogens is 388 g/mol. The lowest BCUT2D eigenvalue weighted by Crippen LogP contribution is -2.26. The van der Waals surface area contributed by atoms with Gasteiger partial charge < -0.3 is 10.1 Å². The van der Waals surface area contributed by atoms with Crippen LogP contribution < -0.4 is 14.8 Å². The Bertz CT molecular complexity index is 1080. The van der Waals surface area contributed by atoms with E-state index in [4.69, 9.17) is 4.74 Å². The second-order valence-corrected chi connectivity index (χ2v) is 8.15. The first-order chi connectivity index (χ1) is 13.9. The van der Waals surface area contributed by atoms with Gasteiger partial charge in [-0.15, -0.1) is 0 Å². The number of rotatable bonds is 7. The lowest BCUT2D eigenvalue weighted by molar-refractivity contribution is 0.0940. The molecule has 0 fully saturated rings. The van der Waals surface area contributed by atoms with Crippen molar-refractivity contribution in [1.29, 1.82) is 0 Å². The number of carbonyl (C=O) groups is 1. The molecule has 7 heteroatoms. The molecule has 6 nitrogen and oxygen atoms in total. The van der Waals surface area contributed by atoms with E-state index < -0.39 is 10.0 Å². The third-order valence-corrected chi connectivity index (χ3v) is 5.79. The van der Waals surface area contributed by atoms with Crippen LogP contribution in [0, 0.1) is 0 Å². The number of methoxy groups -OCH3 is 1. The van der Waals surface area contributed by atoms with Gasteiger partial charge in [0, 0.05) is 11.3 Å². The number of sulfonamides is 1. The van der Waals surface area contributed by atoms with Crippen molar-refractivity contribution in [3.8, 4) is 5.75 Å². The average Bonchev–Trinajstić information content (AvgIpc) is 2.74. The van der Waals surface area contributed by atoms with Gasteiger partial charge in [0.25, 0.3) is 15.9 Å². The van der Waals surface area contributed by atoms with Crippen LogP contribution in [0.5, 0.6) is 5.75 Å². The molecule has 2 N–H and O–H groups in total. The minimum Gasteiger partial charge on any atom is -0.497 e. The molecule has 3 aromatic rings. The highest BCUT2D eigenvalue weighted by Gasteiger charge is 2.16. The molecule has 0 aliphatic heterocycles. The van der Waals surface area contributed by atoms with E-state index in [-0.39, 0.29) is 16.8 Å². The fourth-order valence-electron chi connectivity index (χ4n) is 2.79. The van der Waals surface area contributed by atoms with Gasteiger partial charge in [-0.2, -0.15) is 0 Å².